The van der Waals surface area contributed by atoms with Gasteiger partial charge in [-0.25, -0.2) is 22.9 Å². The molecule has 2 N–H and O–H groups in total. The fraction of sp³-hybridized carbons (Fsp3) is 0.710. The number of carbonyl (C=O) groups is 2. The minimum atomic E-state index is -4.50. The average molecular weight is 1280 g/mol. The van der Waals surface area contributed by atoms with E-state index in [9.17, 15) is 35.9 Å². The fourth-order valence-corrected chi connectivity index (χ4v) is 14.1. The zero-order valence-corrected chi connectivity index (χ0v) is 55.6. The number of urea groups is 1. The standard InChI is InChI=1S/C15H24FN3O.C14H18FN3.C14H24N2O.C13H17F4N3.C13H17NO2/c1-10(2)14-9-18(5-4-11(14)3)15(20)19-8-12(16)6-13(19)7-17;1-10(2)12-5-6-18(9-13(12)15)14-4-3-11(7-16)8-17-14;1-11(2)13-8-16(7-4-12(13)3)14(5-6-15)9-17-10-14;1-8(2)9-5-6-20(7-10(9)14)12-4-3-11(18-19-12)13(15,16)17;1-8(2)10-7-16-11-6-4-3-5-9(11)12(10)13(14)15/h10-14H,4-6,8-9H2,1-3H3;3-4,8,10,12-13H,5-6,9H2,1-2H3;11-13H,4-5,7-10H2,1-3H3;3-4,8-10H,5-7H2,1-2H3;3-6,8,10,12H,7H2,1-2H3,(H2,14,15)/t11-,12+,13+,14-;12-,13+;12-,13-;9-,10-;/m1010./s1. The number of amides is 3. The van der Waals surface area contributed by atoms with Gasteiger partial charge in [0, 0.05) is 56.8 Å². The van der Waals surface area contributed by atoms with Gasteiger partial charge in [-0.2, -0.15) is 29.0 Å². The molecule has 3 amide bonds. The van der Waals surface area contributed by atoms with E-state index in [1.165, 1.54) is 23.6 Å². The molecular formula is C69H100F6N12O4. The highest BCUT2D eigenvalue weighted by atomic mass is 19.4. The van der Waals surface area contributed by atoms with E-state index >= 15 is 0 Å². The number of fused-ring (bicyclic) bond motifs is 1. The number of likely N-dealkylation sites (tertiary alicyclic amines) is 3. The lowest BCUT2D eigenvalue weighted by Gasteiger charge is -2.53. The molecule has 2 aromatic heterocycles. The van der Waals surface area contributed by atoms with E-state index in [0.29, 0.717) is 73.5 Å². The predicted octanol–water partition coefficient (Wildman–Crippen LogP) is 12.9. The Bertz CT molecular complexity index is 2890. The first-order valence-corrected chi connectivity index (χ1v) is 32.9. The third-order valence-electron chi connectivity index (χ3n) is 20.1. The Morgan fingerprint density at radius 2 is 1.24 bits per heavy atom. The molecule has 3 aromatic rings. The van der Waals surface area contributed by atoms with Gasteiger partial charge in [0.05, 0.1) is 75.0 Å². The van der Waals surface area contributed by atoms with Crippen LogP contribution in [0.4, 0.5) is 42.8 Å². The minimum Gasteiger partial charge on any atom is -0.493 e. The van der Waals surface area contributed by atoms with Crippen LogP contribution in [0.5, 0.6) is 5.75 Å². The van der Waals surface area contributed by atoms with Gasteiger partial charge in [0.1, 0.15) is 42.2 Å². The number of piperidine rings is 4. The van der Waals surface area contributed by atoms with Gasteiger partial charge in [0.2, 0.25) is 5.91 Å². The highest BCUT2D eigenvalue weighted by Gasteiger charge is 2.47. The van der Waals surface area contributed by atoms with Crippen molar-refractivity contribution in [2.75, 3.05) is 88.5 Å². The molecule has 1 aromatic carbocycles. The summed E-state index contributed by atoms with van der Waals surface area (Å²) < 4.78 is 89.7. The van der Waals surface area contributed by atoms with Crippen molar-refractivity contribution in [3.05, 3.63) is 71.5 Å². The van der Waals surface area contributed by atoms with Crippen LogP contribution >= 0.6 is 0 Å². The Labute approximate surface area is 537 Å². The van der Waals surface area contributed by atoms with Crippen LogP contribution in [0, 0.1) is 105 Å². The lowest BCUT2D eigenvalue weighted by Crippen LogP contribution is -2.65. The summed E-state index contributed by atoms with van der Waals surface area (Å²) in [5, 5.41) is 33.5. The Balaban J connectivity index is 0.000000181. The van der Waals surface area contributed by atoms with E-state index in [2.05, 4.69) is 95.4 Å². The number of aromatic nitrogens is 3. The van der Waals surface area contributed by atoms with Gasteiger partial charge in [-0.1, -0.05) is 101 Å². The topological polar surface area (TPSA) is 205 Å². The third-order valence-corrected chi connectivity index (χ3v) is 20.1. The summed E-state index contributed by atoms with van der Waals surface area (Å²) in [5.41, 5.74) is 5.99. The summed E-state index contributed by atoms with van der Waals surface area (Å²) in [7, 11) is 0. The van der Waals surface area contributed by atoms with Crippen LogP contribution in [0.15, 0.2) is 54.7 Å². The molecule has 6 fully saturated rings. The number of pyridine rings is 1. The number of anilines is 2. The lowest BCUT2D eigenvalue weighted by atomic mass is 9.77. The van der Waals surface area contributed by atoms with Crippen LogP contribution in [0.1, 0.15) is 144 Å². The van der Waals surface area contributed by atoms with Gasteiger partial charge in [0.15, 0.2) is 11.5 Å². The number of ether oxygens (including phenoxy) is 2. The minimum absolute atomic E-state index is 0.00587. The highest BCUT2D eigenvalue weighted by Crippen LogP contribution is 2.41. The Morgan fingerprint density at radius 3 is 1.71 bits per heavy atom. The Morgan fingerprint density at radius 1 is 0.681 bits per heavy atom. The van der Waals surface area contributed by atoms with E-state index in [4.69, 9.17) is 31.0 Å². The maximum Gasteiger partial charge on any atom is 0.435 e. The number of hydrogen-bond donors (Lipinski definition) is 1. The molecule has 0 saturated carbocycles. The van der Waals surface area contributed by atoms with Gasteiger partial charge >= 0.3 is 12.2 Å². The average Bonchev–Trinajstić information content (AvgIpc) is 1.31. The van der Waals surface area contributed by atoms with E-state index in [-0.39, 0.29) is 66.6 Å². The molecule has 0 spiro atoms. The molecule has 0 bridgehead atoms. The summed E-state index contributed by atoms with van der Waals surface area (Å²) >= 11 is 0. The van der Waals surface area contributed by atoms with E-state index in [1.54, 1.807) is 17.0 Å². The molecule has 7 aliphatic heterocycles. The lowest BCUT2D eigenvalue weighted by molar-refractivity contribution is -0.154. The molecule has 91 heavy (non-hydrogen) atoms. The first-order valence-electron chi connectivity index (χ1n) is 32.9. The van der Waals surface area contributed by atoms with Crippen molar-refractivity contribution in [2.24, 2.45) is 76.7 Å². The maximum atomic E-state index is 14.1. The van der Waals surface area contributed by atoms with E-state index in [0.717, 1.165) is 99.7 Å². The number of nitrogens with zero attached hydrogens (tertiary/aromatic N) is 11. The number of primary amides is 1. The van der Waals surface area contributed by atoms with Crippen LogP contribution in [-0.2, 0) is 15.7 Å². The fourth-order valence-electron chi connectivity index (χ4n) is 14.1. The second kappa shape index (κ2) is 33.4. The Kier molecular flexibility index (Phi) is 27.0. The third kappa shape index (κ3) is 19.3. The smallest absolute Gasteiger partial charge is 0.435 e. The second-order valence-electron chi connectivity index (χ2n) is 27.9. The number of rotatable bonds is 10. The molecule has 7 aliphatic rings. The molecule has 16 nitrogen and oxygen atoms in total. The van der Waals surface area contributed by atoms with Gasteiger partial charge in [0.25, 0.3) is 0 Å². The second-order valence-corrected chi connectivity index (χ2v) is 27.9. The largest absolute Gasteiger partial charge is 0.493 e. The van der Waals surface area contributed by atoms with Crippen LogP contribution in [0.2, 0.25) is 0 Å². The van der Waals surface area contributed by atoms with Crippen LogP contribution in [-0.4, -0.2) is 151 Å². The summed E-state index contributed by atoms with van der Waals surface area (Å²) in [4.78, 5) is 37.7. The molecule has 2 unspecified atom stereocenters. The number of carbonyl (C=O) groups excluding carboxylic acids is 2. The number of nitrogens with two attached hydrogens (primary N) is 1. The van der Waals surface area contributed by atoms with Crippen molar-refractivity contribution in [3.8, 4) is 24.0 Å². The monoisotopic (exact) mass is 1270 g/mol. The van der Waals surface area contributed by atoms with Gasteiger partial charge in [-0.15, -0.1) is 10.2 Å². The number of para-hydroxylation sites is 1. The van der Waals surface area contributed by atoms with Crippen molar-refractivity contribution < 1.29 is 45.4 Å². The first kappa shape index (κ1) is 73.6. The van der Waals surface area contributed by atoms with Gasteiger partial charge < -0.3 is 34.8 Å². The van der Waals surface area contributed by atoms with Crippen molar-refractivity contribution in [3.63, 3.8) is 0 Å². The van der Waals surface area contributed by atoms with Crippen LogP contribution in [0.25, 0.3) is 0 Å². The molecule has 502 valence electrons. The van der Waals surface area contributed by atoms with Crippen LogP contribution in [0.3, 0.4) is 0 Å². The SMILES string of the molecule is CC(C)C1COc2ccccc2C1C(N)=O.CC(C)[C@@H]1CCN(c2ccc(C#N)cn2)C[C@H]1F.CC(C)[C@@H]1CCN(c2ccc(C(F)(F)F)nn2)C[C@@H]1F.CC(C)[C@H]1CN(C(=O)N2C[C@@H](F)C[C@H]2C#N)CC[C@H]1C.CC(C)[C@H]1CN(C2(CC#N)COC2)CC[C@H]1C. The normalized spacial score (nSPS) is 28.0. The van der Waals surface area contributed by atoms with Crippen LogP contribution < -0.4 is 20.3 Å². The zero-order valence-electron chi connectivity index (χ0n) is 55.6. The van der Waals surface area contributed by atoms with E-state index in [1.807, 2.05) is 60.1 Å². The molecule has 22 heteroatoms. The van der Waals surface area contributed by atoms with Crippen molar-refractivity contribution in [1.82, 2.24) is 29.9 Å². The molecule has 12 atom stereocenters. The van der Waals surface area contributed by atoms with Crippen molar-refractivity contribution in [1.29, 1.82) is 15.8 Å². The number of halogens is 6. The van der Waals surface area contributed by atoms with Crippen molar-refractivity contribution >= 4 is 23.6 Å². The molecule has 10 rings (SSSR count). The number of benzene rings is 1. The van der Waals surface area contributed by atoms with Crippen molar-refractivity contribution in [2.45, 2.75) is 164 Å². The summed E-state index contributed by atoms with van der Waals surface area (Å²) in [6.07, 6.45) is -1.27. The predicted molar refractivity (Wildman–Crippen MR) is 340 cm³/mol. The highest BCUT2D eigenvalue weighted by molar-refractivity contribution is 5.83. The molecule has 0 radical (unpaired) electrons. The van der Waals surface area contributed by atoms with E-state index < -0.39 is 36.4 Å². The summed E-state index contributed by atoms with van der Waals surface area (Å²) in [6, 6.07) is 19.0. The van der Waals surface area contributed by atoms with Gasteiger partial charge in [-0.3, -0.25) is 9.69 Å². The summed E-state index contributed by atoms with van der Waals surface area (Å²) in [6.45, 7) is 33.7. The molecule has 0 aliphatic carbocycles. The summed E-state index contributed by atoms with van der Waals surface area (Å²) in [5.74, 6) is 6.65. The molecule has 9 heterocycles. The number of alkyl halides is 6. The Hall–Kier alpha value is -6.44. The van der Waals surface area contributed by atoms with Gasteiger partial charge in [-0.05, 0) is 128 Å². The number of nitriles is 3. The molecule has 6 saturated heterocycles. The maximum absolute atomic E-state index is 14.1. The molecular weight excluding hydrogens is 1170 g/mol. The number of hydrogen-bond acceptors (Lipinski definition) is 13. The first-order chi connectivity index (χ1) is 43.0. The zero-order chi connectivity index (χ0) is 67.1. The quantitative estimate of drug-likeness (QED) is 0.188.